The summed E-state index contributed by atoms with van der Waals surface area (Å²) in [6.07, 6.45) is 3.44. The van der Waals surface area contributed by atoms with E-state index in [0.717, 1.165) is 24.4 Å². The Morgan fingerprint density at radius 2 is 2.18 bits per heavy atom. The molecule has 0 radical (unpaired) electrons. The average molecular weight is 321 g/mol. The van der Waals surface area contributed by atoms with Crippen LogP contribution in [0.4, 0.5) is 0 Å². The van der Waals surface area contributed by atoms with Crippen LogP contribution in [0.1, 0.15) is 29.6 Å². The molecule has 1 saturated heterocycles. The number of carbonyl (C=O) groups excluding carboxylic acids is 2. The molecule has 2 rings (SSSR count). The summed E-state index contributed by atoms with van der Waals surface area (Å²) in [7, 11) is 0. The molecule has 1 aromatic carbocycles. The van der Waals surface area contributed by atoms with Crippen LogP contribution in [-0.4, -0.2) is 37.2 Å². The maximum absolute atomic E-state index is 12.3. The summed E-state index contributed by atoms with van der Waals surface area (Å²) < 4.78 is 0. The fraction of sp³-hybridized carbons (Fsp3) is 0.500. The van der Waals surface area contributed by atoms with Gasteiger partial charge in [-0.25, -0.2) is 0 Å². The van der Waals surface area contributed by atoms with Crippen LogP contribution < -0.4 is 16.4 Å². The molecular formula is C16H23N3O2S. The number of nitrogens with two attached hydrogens (primary N) is 1. The van der Waals surface area contributed by atoms with E-state index >= 15 is 0 Å². The summed E-state index contributed by atoms with van der Waals surface area (Å²) in [6, 6.07) is 7.30. The summed E-state index contributed by atoms with van der Waals surface area (Å²) in [6.45, 7) is 2.83. The van der Waals surface area contributed by atoms with Crippen LogP contribution >= 0.6 is 11.8 Å². The molecule has 1 heterocycles. The van der Waals surface area contributed by atoms with Crippen LogP contribution in [0.25, 0.3) is 0 Å². The Labute approximate surface area is 135 Å². The quantitative estimate of drug-likeness (QED) is 0.663. The zero-order valence-electron chi connectivity index (χ0n) is 12.6. The maximum Gasteiger partial charge on any atom is 0.252 e. The van der Waals surface area contributed by atoms with Crippen LogP contribution in [0, 0.1) is 5.92 Å². The molecule has 0 aliphatic carbocycles. The predicted octanol–water partition coefficient (Wildman–Crippen LogP) is 1.38. The monoisotopic (exact) mass is 321 g/mol. The lowest BCUT2D eigenvalue weighted by Crippen LogP contribution is -2.33. The van der Waals surface area contributed by atoms with E-state index in [-0.39, 0.29) is 17.6 Å². The van der Waals surface area contributed by atoms with E-state index in [1.165, 1.54) is 24.6 Å². The molecule has 0 aromatic heterocycles. The van der Waals surface area contributed by atoms with Crippen LogP contribution in [0.15, 0.2) is 29.2 Å². The predicted molar refractivity (Wildman–Crippen MR) is 88.9 cm³/mol. The second-order valence-electron chi connectivity index (χ2n) is 5.51. The van der Waals surface area contributed by atoms with Gasteiger partial charge in [0.25, 0.3) is 5.91 Å². The van der Waals surface area contributed by atoms with Gasteiger partial charge in [0.15, 0.2) is 0 Å². The van der Waals surface area contributed by atoms with E-state index < -0.39 is 0 Å². The summed E-state index contributed by atoms with van der Waals surface area (Å²) in [4.78, 5) is 24.0. The van der Waals surface area contributed by atoms with Gasteiger partial charge >= 0.3 is 0 Å². The first kappa shape index (κ1) is 16.8. The van der Waals surface area contributed by atoms with Crippen molar-refractivity contribution in [3.8, 4) is 0 Å². The first-order chi connectivity index (χ1) is 10.7. The highest BCUT2D eigenvalue weighted by Gasteiger charge is 2.15. The third kappa shape index (κ3) is 5.35. The van der Waals surface area contributed by atoms with Gasteiger partial charge in [0.1, 0.15) is 0 Å². The molecule has 0 bridgehead atoms. The topological polar surface area (TPSA) is 84.2 Å². The normalized spacial score (nSPS) is 17.9. The Kier molecular flexibility index (Phi) is 6.74. The highest BCUT2D eigenvalue weighted by Crippen LogP contribution is 2.22. The number of nitrogens with one attached hydrogen (secondary N) is 2. The zero-order valence-corrected chi connectivity index (χ0v) is 13.5. The number of rotatable bonds is 7. The van der Waals surface area contributed by atoms with Gasteiger partial charge in [0.05, 0.1) is 11.3 Å². The van der Waals surface area contributed by atoms with Crippen molar-refractivity contribution in [1.29, 1.82) is 0 Å². The minimum Gasteiger partial charge on any atom is -0.369 e. The molecule has 1 aromatic rings. The highest BCUT2D eigenvalue weighted by atomic mass is 32.2. The lowest BCUT2D eigenvalue weighted by atomic mass is 9.96. The Balaban J connectivity index is 1.84. The van der Waals surface area contributed by atoms with Gasteiger partial charge < -0.3 is 16.4 Å². The van der Waals surface area contributed by atoms with Gasteiger partial charge in [-0.1, -0.05) is 12.1 Å². The van der Waals surface area contributed by atoms with Crippen molar-refractivity contribution >= 4 is 23.6 Å². The number of amides is 2. The van der Waals surface area contributed by atoms with Crippen LogP contribution in [-0.2, 0) is 4.79 Å². The van der Waals surface area contributed by atoms with Crippen molar-refractivity contribution < 1.29 is 9.59 Å². The Morgan fingerprint density at radius 1 is 1.36 bits per heavy atom. The Bertz CT molecular complexity index is 516. The number of piperidine rings is 1. The molecule has 1 fully saturated rings. The number of primary amides is 1. The van der Waals surface area contributed by atoms with E-state index in [1.807, 2.05) is 18.2 Å². The number of thioether (sulfide) groups is 1. The van der Waals surface area contributed by atoms with Gasteiger partial charge in [-0.3, -0.25) is 9.59 Å². The molecule has 1 aliphatic rings. The fourth-order valence-electron chi connectivity index (χ4n) is 2.58. The van der Waals surface area contributed by atoms with Gasteiger partial charge in [-0.05, 0) is 50.4 Å². The second kappa shape index (κ2) is 8.80. The average Bonchev–Trinajstić information content (AvgIpc) is 2.54. The lowest BCUT2D eigenvalue weighted by Gasteiger charge is -2.22. The number of hydrogen-bond donors (Lipinski definition) is 3. The molecule has 4 N–H and O–H groups in total. The number of benzene rings is 1. The smallest absolute Gasteiger partial charge is 0.252 e. The summed E-state index contributed by atoms with van der Waals surface area (Å²) in [5.74, 6) is 0.354. The molecule has 2 amide bonds. The molecule has 0 saturated carbocycles. The molecule has 1 unspecified atom stereocenters. The fourth-order valence-corrected chi connectivity index (χ4v) is 3.37. The SMILES string of the molecule is NC(=O)CSc1ccccc1C(=O)NCCC1CCCNC1. The lowest BCUT2D eigenvalue weighted by molar-refractivity contribution is -0.115. The number of carbonyl (C=O) groups is 2. The Morgan fingerprint density at radius 3 is 2.91 bits per heavy atom. The van der Waals surface area contributed by atoms with E-state index in [9.17, 15) is 9.59 Å². The molecule has 1 atom stereocenters. The third-order valence-electron chi connectivity index (χ3n) is 3.74. The molecule has 6 heteroatoms. The molecule has 5 nitrogen and oxygen atoms in total. The van der Waals surface area contributed by atoms with Crippen molar-refractivity contribution in [3.05, 3.63) is 29.8 Å². The van der Waals surface area contributed by atoms with Crippen LogP contribution in [0.2, 0.25) is 0 Å². The van der Waals surface area contributed by atoms with Crippen molar-refractivity contribution in [2.75, 3.05) is 25.4 Å². The molecule has 0 spiro atoms. The molecular weight excluding hydrogens is 298 g/mol. The van der Waals surface area contributed by atoms with E-state index in [0.29, 0.717) is 18.0 Å². The van der Waals surface area contributed by atoms with Gasteiger partial charge in [0.2, 0.25) is 5.91 Å². The first-order valence-corrected chi connectivity index (χ1v) is 8.64. The molecule has 1 aliphatic heterocycles. The third-order valence-corrected chi connectivity index (χ3v) is 4.83. The first-order valence-electron chi connectivity index (χ1n) is 7.66. The largest absolute Gasteiger partial charge is 0.369 e. The van der Waals surface area contributed by atoms with Gasteiger partial charge in [-0.15, -0.1) is 11.8 Å². The minimum atomic E-state index is -0.384. The van der Waals surface area contributed by atoms with Gasteiger partial charge in [-0.2, -0.15) is 0 Å². The van der Waals surface area contributed by atoms with Crippen molar-refractivity contribution in [1.82, 2.24) is 10.6 Å². The zero-order chi connectivity index (χ0) is 15.8. The standard InChI is InChI=1S/C16H23N3O2S/c17-15(20)11-22-14-6-2-1-5-13(14)16(21)19-9-7-12-4-3-8-18-10-12/h1-2,5-6,12,18H,3-4,7-11H2,(H2,17,20)(H,19,21). The Hall–Kier alpha value is -1.53. The summed E-state index contributed by atoms with van der Waals surface area (Å²) in [5.41, 5.74) is 5.77. The molecule has 22 heavy (non-hydrogen) atoms. The van der Waals surface area contributed by atoms with Crippen LogP contribution in [0.3, 0.4) is 0 Å². The van der Waals surface area contributed by atoms with Crippen molar-refractivity contribution in [3.63, 3.8) is 0 Å². The van der Waals surface area contributed by atoms with Crippen molar-refractivity contribution in [2.24, 2.45) is 11.7 Å². The van der Waals surface area contributed by atoms with E-state index in [1.54, 1.807) is 6.07 Å². The van der Waals surface area contributed by atoms with E-state index in [2.05, 4.69) is 10.6 Å². The minimum absolute atomic E-state index is 0.0867. The molecule has 120 valence electrons. The summed E-state index contributed by atoms with van der Waals surface area (Å²) >= 11 is 1.30. The van der Waals surface area contributed by atoms with Crippen molar-refractivity contribution in [2.45, 2.75) is 24.2 Å². The van der Waals surface area contributed by atoms with Crippen LogP contribution in [0.5, 0.6) is 0 Å². The number of hydrogen-bond acceptors (Lipinski definition) is 4. The second-order valence-corrected chi connectivity index (χ2v) is 6.53. The van der Waals surface area contributed by atoms with E-state index in [4.69, 9.17) is 5.73 Å². The maximum atomic E-state index is 12.3. The highest BCUT2D eigenvalue weighted by molar-refractivity contribution is 8.00. The van der Waals surface area contributed by atoms with Gasteiger partial charge in [0, 0.05) is 11.4 Å². The summed E-state index contributed by atoms with van der Waals surface area (Å²) in [5, 5.41) is 6.36.